The number of piperazine rings is 1. The van der Waals surface area contributed by atoms with E-state index in [-0.39, 0.29) is 52.3 Å². The van der Waals surface area contributed by atoms with Crippen molar-refractivity contribution in [1.82, 2.24) is 9.80 Å². The van der Waals surface area contributed by atoms with Gasteiger partial charge in [0.25, 0.3) is 0 Å². The number of fused-ring (bicyclic) bond motifs is 2. The molecule has 0 spiro atoms. The van der Waals surface area contributed by atoms with Gasteiger partial charge in [0.2, 0.25) is 0 Å². The lowest BCUT2D eigenvalue weighted by Gasteiger charge is -2.35. The Labute approximate surface area is 147 Å². The molecule has 3 heterocycles. The van der Waals surface area contributed by atoms with Crippen molar-refractivity contribution in [2.45, 2.75) is 6.92 Å². The Morgan fingerprint density at radius 3 is 2.91 bits per heavy atom. The number of thiophene rings is 1. The van der Waals surface area contributed by atoms with Gasteiger partial charge in [0.1, 0.15) is 10.5 Å². The lowest BCUT2D eigenvalue weighted by molar-refractivity contribution is 0.206. The number of nitrogens with one attached hydrogen (secondary N) is 1. The molecule has 4 rings (SSSR count). The molecule has 2 aromatic rings. The van der Waals surface area contributed by atoms with Gasteiger partial charge in [0.05, 0.1) is 28.9 Å². The fourth-order valence-corrected chi connectivity index (χ4v) is 3.10. The second kappa shape index (κ2) is 5.41. The van der Waals surface area contributed by atoms with Gasteiger partial charge in [-0.3, -0.25) is 0 Å². The molecule has 0 atom stereocenters. The molecule has 1 aromatic heterocycles. The van der Waals surface area contributed by atoms with E-state index in [1.54, 1.807) is 18.9 Å². The fourth-order valence-electron chi connectivity index (χ4n) is 2.27. The summed E-state index contributed by atoms with van der Waals surface area (Å²) in [4.78, 5) is 7.48. The number of benzene rings is 1. The van der Waals surface area contributed by atoms with E-state index < -0.39 is 31.1 Å². The maximum Gasteiger partial charge on any atom is 0.127 e. The number of nitrogens with zero attached hydrogens (tertiary/aromatic N) is 3. The molecular weight excluding hydrogens is 292 g/mol. The lowest BCUT2D eigenvalue weighted by Crippen LogP contribution is -2.47. The fraction of sp³-hybridized carbons (Fsp3) is 0.353. The average molecular weight is 321 g/mol. The number of anilines is 1. The van der Waals surface area contributed by atoms with Crippen LogP contribution in [0.1, 0.15) is 17.2 Å². The topological polar surface area (TPSA) is 30.9 Å². The first kappa shape index (κ1) is 7.15. The number of aryl methyl sites for hydroxylation is 1. The lowest BCUT2D eigenvalue weighted by atomic mass is 10.2. The predicted octanol–water partition coefficient (Wildman–Crippen LogP) is 1.75. The summed E-state index contributed by atoms with van der Waals surface area (Å²) in [5.74, 6) is -0.0695. The first-order valence-electron chi connectivity index (χ1n) is 11.3. The molecule has 2 aliphatic rings. The minimum atomic E-state index is -2.17. The molecule has 0 aliphatic carbocycles. The first-order chi connectivity index (χ1) is 14.3. The molecule has 0 unspecified atom stereocenters. The average Bonchev–Trinajstić information content (AvgIpc) is 2.81. The summed E-state index contributed by atoms with van der Waals surface area (Å²) in [5.41, 5.74) is -0.134. The molecular formula is C17H20N4S. The van der Waals surface area contributed by atoms with E-state index in [2.05, 4.69) is 10.3 Å². The summed E-state index contributed by atoms with van der Waals surface area (Å²) in [6.07, 6.45) is 0. The van der Waals surface area contributed by atoms with Crippen LogP contribution < -0.4 is 15.2 Å². The molecule has 1 saturated heterocycles. The Balaban J connectivity index is 2.11. The van der Waals surface area contributed by atoms with Crippen molar-refractivity contribution in [3.8, 4) is 0 Å². The monoisotopic (exact) mass is 321 g/mol. The Morgan fingerprint density at radius 2 is 2.09 bits per heavy atom. The summed E-state index contributed by atoms with van der Waals surface area (Å²) < 4.78 is 75.6. The van der Waals surface area contributed by atoms with Crippen LogP contribution in [-0.4, -0.2) is 42.9 Å². The minimum absolute atomic E-state index is 0.0415. The highest BCUT2D eigenvalue weighted by Crippen LogP contribution is 2.27. The van der Waals surface area contributed by atoms with E-state index in [0.717, 1.165) is 16.2 Å². The molecule has 22 heavy (non-hydrogen) atoms. The summed E-state index contributed by atoms with van der Waals surface area (Å²) in [5, 5.41) is 3.04. The van der Waals surface area contributed by atoms with Crippen molar-refractivity contribution in [1.29, 1.82) is 0 Å². The molecule has 0 amide bonds. The van der Waals surface area contributed by atoms with Crippen molar-refractivity contribution in [2.24, 2.45) is 4.99 Å². The van der Waals surface area contributed by atoms with Gasteiger partial charge in [-0.1, -0.05) is 12.1 Å². The van der Waals surface area contributed by atoms with Gasteiger partial charge in [0.15, 0.2) is 0 Å². The number of hydrogen-bond donors (Lipinski definition) is 1. The third-order valence-corrected chi connectivity index (χ3v) is 4.24. The predicted molar refractivity (Wildman–Crippen MR) is 92.0 cm³/mol. The minimum Gasteiger partial charge on any atom is -0.355 e. The van der Waals surface area contributed by atoms with Crippen LogP contribution in [0, 0.1) is 6.92 Å². The molecule has 1 fully saturated rings. The van der Waals surface area contributed by atoms with Gasteiger partial charge in [0, 0.05) is 31.0 Å². The zero-order valence-electron chi connectivity index (χ0n) is 21.2. The second-order valence-corrected chi connectivity index (χ2v) is 6.30. The van der Waals surface area contributed by atoms with Gasteiger partial charge in [-0.15, -0.1) is 11.3 Å². The highest BCUT2D eigenvalue weighted by Gasteiger charge is 2.20. The van der Waals surface area contributed by atoms with E-state index in [4.69, 9.17) is 12.3 Å². The van der Waals surface area contributed by atoms with Crippen LogP contribution in [0.2, 0.25) is 0 Å². The van der Waals surface area contributed by atoms with E-state index >= 15 is 0 Å². The summed E-state index contributed by atoms with van der Waals surface area (Å²) in [6.45, 7) is -2.84. The van der Waals surface area contributed by atoms with Crippen LogP contribution in [-0.2, 0) is 0 Å². The summed E-state index contributed by atoms with van der Waals surface area (Å²) in [7, 11) is 1.62. The maximum absolute atomic E-state index is 8.56. The first-order valence-corrected chi connectivity index (χ1v) is 7.63. The van der Waals surface area contributed by atoms with Crippen LogP contribution in [0.5, 0.6) is 0 Å². The number of likely N-dealkylation sites (N-methyl/N-ethyl adjacent to an activating group) is 1. The highest BCUT2D eigenvalue weighted by atomic mass is 32.1. The standard InChI is InChI=1S/C17H20N4S/c1-12-11-13-16(21-9-7-20(2)8-10-21)18-14-5-3-4-6-15(14)19-17(13)22-12/h3-6,11,18H,7-10H2,1-2H3/i3D,4D,5D,6D,9D2,10D2,11D. The summed E-state index contributed by atoms with van der Waals surface area (Å²) in [6, 6.07) is -1.66. The Bertz CT molecular complexity index is 1210. The van der Waals surface area contributed by atoms with Crippen molar-refractivity contribution in [2.75, 3.05) is 38.4 Å². The van der Waals surface area contributed by atoms with Gasteiger partial charge in [-0.25, -0.2) is 4.99 Å². The van der Waals surface area contributed by atoms with E-state index in [1.807, 2.05) is 0 Å². The van der Waals surface area contributed by atoms with Crippen molar-refractivity contribution in [3.63, 3.8) is 0 Å². The van der Waals surface area contributed by atoms with Gasteiger partial charge < -0.3 is 15.1 Å². The Kier molecular flexibility index (Phi) is 1.76. The van der Waals surface area contributed by atoms with Crippen LogP contribution >= 0.6 is 11.3 Å². The molecule has 0 saturated carbocycles. The molecule has 0 bridgehead atoms. The van der Waals surface area contributed by atoms with Crippen molar-refractivity contribution < 1.29 is 12.3 Å². The number of para-hydroxylation sites is 2. The zero-order chi connectivity index (χ0) is 23.0. The third kappa shape index (κ3) is 2.40. The van der Waals surface area contributed by atoms with Gasteiger partial charge in [-0.2, -0.15) is 0 Å². The molecule has 5 heteroatoms. The van der Waals surface area contributed by atoms with E-state index in [9.17, 15) is 0 Å². The number of rotatable bonds is 1. The SMILES string of the molecule is [2H]c1c([2H])c([2H])c2c(c1[2H])N=c1sc(C)c([2H])c1=C(N1C([2H])([2H])CN(C)CC1([2H])[2H])N2. The quantitative estimate of drug-likeness (QED) is 0.868. The molecule has 2 aliphatic heterocycles. The summed E-state index contributed by atoms with van der Waals surface area (Å²) >= 11 is 1.14. The molecule has 114 valence electrons. The molecule has 4 nitrogen and oxygen atoms in total. The van der Waals surface area contributed by atoms with Crippen LogP contribution in [0.15, 0.2) is 35.2 Å². The van der Waals surface area contributed by atoms with Crippen LogP contribution in [0.25, 0.3) is 5.82 Å². The van der Waals surface area contributed by atoms with Crippen molar-refractivity contribution >= 4 is 28.5 Å². The van der Waals surface area contributed by atoms with E-state index in [1.165, 1.54) is 0 Å². The number of hydrogen-bond acceptors (Lipinski definition) is 5. The van der Waals surface area contributed by atoms with Crippen molar-refractivity contribution in [3.05, 3.63) is 45.0 Å². The maximum atomic E-state index is 8.56. The van der Waals surface area contributed by atoms with Crippen LogP contribution in [0.4, 0.5) is 11.4 Å². The van der Waals surface area contributed by atoms with Crippen LogP contribution in [0.3, 0.4) is 0 Å². The smallest absolute Gasteiger partial charge is 0.127 e. The zero-order valence-corrected chi connectivity index (χ0v) is 13.0. The Hall–Kier alpha value is -1.85. The van der Waals surface area contributed by atoms with E-state index in [0.29, 0.717) is 4.88 Å². The van der Waals surface area contributed by atoms with Gasteiger partial charge >= 0.3 is 0 Å². The molecule has 1 aromatic carbocycles. The Morgan fingerprint density at radius 1 is 1.32 bits per heavy atom. The molecule has 1 N–H and O–H groups in total. The highest BCUT2D eigenvalue weighted by molar-refractivity contribution is 7.09. The normalized spacial score (nSPS) is 28.5. The molecule has 0 radical (unpaired) electrons. The largest absolute Gasteiger partial charge is 0.355 e. The van der Waals surface area contributed by atoms with Gasteiger partial charge in [-0.05, 0) is 32.1 Å². The second-order valence-electron chi connectivity index (χ2n) is 5.10. The third-order valence-electron chi connectivity index (χ3n) is 3.35.